The molecule has 13 nitrogen and oxygen atoms in total. The van der Waals surface area contributed by atoms with Crippen molar-refractivity contribution in [3.05, 3.63) is 83.5 Å². The van der Waals surface area contributed by atoms with Gasteiger partial charge in [0.05, 0.1) is 48.5 Å². The minimum Gasteiger partial charge on any atom is -0.469 e. The number of ketones is 1. The van der Waals surface area contributed by atoms with E-state index in [0.29, 0.717) is 48.8 Å². The summed E-state index contributed by atoms with van der Waals surface area (Å²) in [6.07, 6.45) is 31.4. The van der Waals surface area contributed by atoms with Crippen LogP contribution in [-0.4, -0.2) is 106 Å². The maximum absolute atomic E-state index is 17.8. The molecule has 5 bridgehead atoms. The number of furan rings is 1. The van der Waals surface area contributed by atoms with Gasteiger partial charge in [-0.3, -0.25) is 14.9 Å². The molecule has 90 heavy (non-hydrogen) atoms. The second-order valence-electron chi connectivity index (χ2n) is 34.7. The van der Waals surface area contributed by atoms with Crippen LogP contribution in [0, 0.1) is 115 Å². The van der Waals surface area contributed by atoms with Gasteiger partial charge in [0.25, 0.3) is 0 Å². The van der Waals surface area contributed by atoms with E-state index in [4.69, 9.17) is 23.4 Å². The van der Waals surface area contributed by atoms with Crippen LogP contribution in [0.15, 0.2) is 71.0 Å². The molecule has 13 heteroatoms. The van der Waals surface area contributed by atoms with Crippen molar-refractivity contribution in [1.82, 2.24) is 10.2 Å². The second kappa shape index (κ2) is 19.0. The summed E-state index contributed by atoms with van der Waals surface area (Å²) >= 11 is 0. The van der Waals surface area contributed by atoms with Crippen LogP contribution in [0.4, 0.5) is 0 Å². The largest absolute Gasteiger partial charge is 0.469 e. The SMILES string of the molecule is C[C@@]12C[C@@H]3[C@@H]4[C@@]56COC(=O)[C@H]7[C@@]89[C@H](CC[C@]8%10CCC8(CCCC8)[C@@H]%10CC[C@@H]39)CC3=CC[C@](C8CCCCC8)(O[C@@]375)[C@H]6C(=O)[C@@H](O)[C@@]4([C@@H]3CCC[C@@H](Cc4ccccc4)C3)[C@]13O[C@@H]3C(=O)O[C@H]2c1ccoc1C[C@@H]([C@H]1CC[C@H]2[C@H](C=CN3CNC[C@H]23)C1)[C@H](O)CO. The Hall–Kier alpha value is -3.85. The standard InChI is InChI=1S/C77H98N2O11/c1-69-38-54-55-19-20-59-70(25-8-9-26-70)29-30-71(59)27-21-49-36-50-22-28-73(47-14-6-3-7-15-47)62-60(82)64(83)75(48-16-10-13-44(34-48)33-43-11-4-2-5-12-43,61(54)72(62)41-87-67(84)63(74(49,55)71)76(50,72)90-73)77(69)66(89-77)68(85)88-65(69)52-24-32-86-58(52)37-53(57(81)40-80)45-17-18-51-46(35-45)23-31-79-42-78-39-56(51)79/h2,4-5,11-12,22-24,31-32,44-49,51,53-57,59,61-66,78,80-81,83H,3,6-10,13-21,25-30,33-42H2,1H3/t44-,45-,46+,48+,49+,51-,53-,54-,55-,56+,57+,59-,61+,62-,63-,64+,65-,66+,69-,71+,72+,73+,74-,75-,76-,77+/m0/s1. The Morgan fingerprint density at radius 1 is 0.800 bits per heavy atom. The molecule has 2 aromatic rings. The number of benzene rings is 1. The number of Topliss-reactive ketones (excluding diaryl/α,β-unsaturated/α-hetero) is 1. The highest BCUT2D eigenvalue weighted by Gasteiger charge is 3.00. The van der Waals surface area contributed by atoms with Crippen molar-refractivity contribution in [1.29, 1.82) is 0 Å². The topological polar surface area (TPSA) is 181 Å². The van der Waals surface area contributed by atoms with Crippen molar-refractivity contribution >= 4 is 17.7 Å². The Balaban J connectivity index is 0.813. The summed E-state index contributed by atoms with van der Waals surface area (Å²) in [6.45, 7) is 3.94. The number of hydrogen-bond acceptors (Lipinski definition) is 13. The Bertz CT molecular complexity index is 3390. The highest BCUT2D eigenvalue weighted by atomic mass is 16.7. The summed E-state index contributed by atoms with van der Waals surface area (Å²) < 4.78 is 38.0. The minimum absolute atomic E-state index is 0.0595. The van der Waals surface area contributed by atoms with Gasteiger partial charge in [-0.05, 0) is 233 Å². The predicted octanol–water partition coefficient (Wildman–Crippen LogP) is 11.3. The van der Waals surface area contributed by atoms with Gasteiger partial charge in [0.15, 0.2) is 11.9 Å². The molecule has 26 atom stereocenters. The van der Waals surface area contributed by atoms with E-state index in [2.05, 4.69) is 65.8 Å². The lowest BCUT2D eigenvalue weighted by atomic mass is 9.29. The van der Waals surface area contributed by atoms with Gasteiger partial charge in [-0.2, -0.15) is 0 Å². The molecule has 0 unspecified atom stereocenters. The lowest BCUT2D eigenvalue weighted by Crippen LogP contribution is -2.82. The highest BCUT2D eigenvalue weighted by molar-refractivity contribution is 5.94. The molecule has 0 amide bonds. The number of cyclic esters (lactones) is 2. The lowest BCUT2D eigenvalue weighted by Gasteiger charge is -2.73. The summed E-state index contributed by atoms with van der Waals surface area (Å²) in [5, 5.41) is 41.8. The molecule has 7 aliphatic heterocycles. The number of carbonyl (C=O) groups is 3. The maximum Gasteiger partial charge on any atom is 0.339 e. The molecule has 20 rings (SSSR count). The first-order valence-corrected chi connectivity index (χ1v) is 37.0. The number of rotatable bonds is 10. The zero-order chi connectivity index (χ0) is 60.3. The summed E-state index contributed by atoms with van der Waals surface area (Å²) in [4.78, 5) is 53.0. The Morgan fingerprint density at radius 2 is 1.64 bits per heavy atom. The van der Waals surface area contributed by atoms with Crippen LogP contribution >= 0.6 is 0 Å². The molecule has 482 valence electrons. The quantitative estimate of drug-likeness (QED) is 0.100. The van der Waals surface area contributed by atoms with Crippen molar-refractivity contribution < 1.29 is 53.1 Å². The first-order valence-electron chi connectivity index (χ1n) is 37.0. The zero-order valence-corrected chi connectivity index (χ0v) is 53.2. The number of nitrogens with zero attached hydrogens (tertiary/aromatic N) is 1. The average Bonchev–Trinajstić information content (AvgIpc) is 1.42. The molecule has 18 aliphatic rings. The van der Waals surface area contributed by atoms with Gasteiger partial charge in [-0.15, -0.1) is 0 Å². The summed E-state index contributed by atoms with van der Waals surface area (Å²) in [7, 11) is 0. The third-order valence-electron chi connectivity index (χ3n) is 33.0. The molecule has 11 saturated carbocycles. The van der Waals surface area contributed by atoms with Crippen LogP contribution in [0.2, 0.25) is 0 Å². The number of epoxide rings is 1. The average molecular weight is 1230 g/mol. The number of carbonyl (C=O) groups excluding carboxylic acids is 3. The van der Waals surface area contributed by atoms with E-state index < -0.39 is 80.7 Å². The van der Waals surface area contributed by atoms with Gasteiger partial charge in [0.1, 0.15) is 35.8 Å². The molecular formula is C77H98N2O11. The van der Waals surface area contributed by atoms with Gasteiger partial charge in [-0.25, -0.2) is 4.79 Å². The Kier molecular flexibility index (Phi) is 11.9. The fourth-order valence-electron chi connectivity index (χ4n) is 30.9. The van der Waals surface area contributed by atoms with Crippen LogP contribution in [0.1, 0.15) is 190 Å². The van der Waals surface area contributed by atoms with Crippen LogP contribution in [0.5, 0.6) is 0 Å². The van der Waals surface area contributed by atoms with Gasteiger partial charge < -0.3 is 43.6 Å². The third-order valence-corrected chi connectivity index (χ3v) is 33.0. The normalized spacial score (nSPS) is 52.2. The fraction of sp³-hybridized carbons (Fsp3) is 0.779. The van der Waals surface area contributed by atoms with E-state index in [1.165, 1.54) is 43.2 Å². The van der Waals surface area contributed by atoms with E-state index in [9.17, 15) is 10.2 Å². The molecule has 1 aromatic carbocycles. The summed E-state index contributed by atoms with van der Waals surface area (Å²) in [5.74, 6) is -0.124. The van der Waals surface area contributed by atoms with E-state index in [1.807, 2.05) is 6.07 Å². The molecule has 5 saturated heterocycles. The molecule has 6 spiro atoms. The maximum atomic E-state index is 17.8. The number of ether oxygens (including phenoxy) is 4. The third kappa shape index (κ3) is 6.33. The second-order valence-corrected chi connectivity index (χ2v) is 34.7. The van der Waals surface area contributed by atoms with Gasteiger partial charge >= 0.3 is 11.9 Å². The Labute approximate surface area is 531 Å². The first kappa shape index (κ1) is 56.5. The van der Waals surface area contributed by atoms with Crippen LogP contribution in [0.3, 0.4) is 0 Å². The zero-order valence-electron chi connectivity index (χ0n) is 53.2. The van der Waals surface area contributed by atoms with E-state index in [-0.39, 0.29) is 89.1 Å². The van der Waals surface area contributed by atoms with E-state index >= 15 is 19.5 Å². The minimum atomic E-state index is -1.48. The van der Waals surface area contributed by atoms with Gasteiger partial charge in [-0.1, -0.05) is 94.4 Å². The molecule has 1 aromatic heterocycles. The van der Waals surface area contributed by atoms with E-state index in [0.717, 1.165) is 141 Å². The number of allylic oxidation sites excluding steroid dienone is 1. The van der Waals surface area contributed by atoms with Gasteiger partial charge in [0, 0.05) is 35.4 Å². The van der Waals surface area contributed by atoms with Crippen LogP contribution in [0.25, 0.3) is 0 Å². The fourth-order valence-corrected chi connectivity index (χ4v) is 30.9. The number of aliphatic hydroxyl groups is 3. The van der Waals surface area contributed by atoms with Crippen molar-refractivity contribution in [2.45, 2.75) is 228 Å². The predicted molar refractivity (Wildman–Crippen MR) is 331 cm³/mol. The van der Waals surface area contributed by atoms with Crippen LogP contribution in [-0.2, 0) is 46.2 Å². The van der Waals surface area contributed by atoms with Crippen molar-refractivity contribution in [2.24, 2.45) is 115 Å². The number of fused-ring (bicyclic) bond motifs is 7. The van der Waals surface area contributed by atoms with Crippen LogP contribution < -0.4 is 5.32 Å². The Morgan fingerprint density at radius 3 is 2.49 bits per heavy atom. The molecule has 4 N–H and O–H groups in total. The van der Waals surface area contributed by atoms with Crippen molar-refractivity contribution in [3.8, 4) is 0 Å². The van der Waals surface area contributed by atoms with Crippen molar-refractivity contribution in [2.75, 3.05) is 26.4 Å². The molecule has 11 aliphatic carbocycles. The highest BCUT2D eigenvalue weighted by Crippen LogP contribution is 2.94. The summed E-state index contributed by atoms with van der Waals surface area (Å²) in [6, 6.07) is 13.4. The van der Waals surface area contributed by atoms with Crippen molar-refractivity contribution in [3.63, 3.8) is 0 Å². The molecule has 16 fully saturated rings. The molecule has 8 heterocycles. The van der Waals surface area contributed by atoms with Gasteiger partial charge in [0.2, 0.25) is 0 Å². The monoisotopic (exact) mass is 1230 g/mol. The smallest absolute Gasteiger partial charge is 0.339 e. The number of esters is 2. The molecular weight excluding hydrogens is 1130 g/mol. The number of hydrogen-bond donors (Lipinski definition) is 4. The lowest BCUT2D eigenvalue weighted by molar-refractivity contribution is -0.302. The first-order chi connectivity index (χ1) is 43.8. The number of aliphatic hydroxyl groups excluding tert-OH is 3. The number of nitrogens with one attached hydrogen (secondary N) is 1. The molecule has 0 radical (unpaired) electrons. The van der Waals surface area contributed by atoms with E-state index in [1.54, 1.807) is 6.26 Å². The summed E-state index contributed by atoms with van der Waals surface area (Å²) in [5.41, 5.74) is -3.67.